The number of piperazine rings is 1. The first-order valence-electron chi connectivity index (χ1n) is 7.94. The lowest BCUT2D eigenvalue weighted by Crippen LogP contribution is -2.49. The van der Waals surface area contributed by atoms with Crippen LogP contribution < -0.4 is 4.74 Å². The van der Waals surface area contributed by atoms with Gasteiger partial charge in [0.15, 0.2) is 5.76 Å². The van der Waals surface area contributed by atoms with E-state index < -0.39 is 10.0 Å². The number of carbonyl (C=O) groups excluding carboxylic acids is 1. The molecule has 7 nitrogen and oxygen atoms in total. The van der Waals surface area contributed by atoms with Crippen LogP contribution in [-0.2, 0) is 10.0 Å². The van der Waals surface area contributed by atoms with Gasteiger partial charge in [0.05, 0.1) is 19.9 Å². The molecule has 0 aliphatic carbocycles. The molecule has 8 heteroatoms. The van der Waals surface area contributed by atoms with Gasteiger partial charge in [0.1, 0.15) is 10.6 Å². The van der Waals surface area contributed by atoms with E-state index in [-0.39, 0.29) is 17.2 Å². The van der Waals surface area contributed by atoms with Gasteiger partial charge in [-0.1, -0.05) is 12.1 Å². The molecule has 0 N–H and O–H groups in total. The number of carbonyl (C=O) groups is 1. The third kappa shape index (κ3) is 3.76. The molecule has 0 amide bonds. The van der Waals surface area contributed by atoms with Crippen LogP contribution in [0.1, 0.15) is 10.6 Å². The summed E-state index contributed by atoms with van der Waals surface area (Å²) in [6.07, 6.45) is 1.46. The van der Waals surface area contributed by atoms with Crippen molar-refractivity contribution >= 4 is 15.8 Å². The zero-order valence-corrected chi connectivity index (χ0v) is 14.7. The highest BCUT2D eigenvalue weighted by Crippen LogP contribution is 2.26. The molecule has 0 spiro atoms. The zero-order chi connectivity index (χ0) is 17.9. The number of benzene rings is 1. The number of hydrogen-bond acceptors (Lipinski definition) is 6. The average Bonchev–Trinajstić information content (AvgIpc) is 3.17. The Morgan fingerprint density at radius 2 is 1.84 bits per heavy atom. The SMILES string of the molecule is COc1ccccc1S(=O)(=O)N1CCN(CC(=O)c2ccco2)CC1. The van der Waals surface area contributed by atoms with E-state index in [1.807, 2.05) is 4.90 Å². The fourth-order valence-corrected chi connectivity index (χ4v) is 4.40. The number of hydrogen-bond donors (Lipinski definition) is 0. The molecule has 25 heavy (non-hydrogen) atoms. The number of sulfonamides is 1. The van der Waals surface area contributed by atoms with Crippen LogP contribution in [0, 0.1) is 0 Å². The van der Waals surface area contributed by atoms with Crippen molar-refractivity contribution in [2.45, 2.75) is 4.90 Å². The van der Waals surface area contributed by atoms with Crippen LogP contribution >= 0.6 is 0 Å². The smallest absolute Gasteiger partial charge is 0.246 e. The van der Waals surface area contributed by atoms with Crippen LogP contribution in [0.3, 0.4) is 0 Å². The Morgan fingerprint density at radius 3 is 2.48 bits per heavy atom. The Labute approximate surface area is 146 Å². The maximum absolute atomic E-state index is 12.8. The van der Waals surface area contributed by atoms with Crippen LogP contribution in [0.15, 0.2) is 52.0 Å². The Bertz CT molecular complexity index is 824. The Kier molecular flexibility index (Phi) is 5.22. The quantitative estimate of drug-likeness (QED) is 0.723. The summed E-state index contributed by atoms with van der Waals surface area (Å²) in [4.78, 5) is 14.2. The maximum atomic E-state index is 12.8. The minimum Gasteiger partial charge on any atom is -0.495 e. The average molecular weight is 364 g/mol. The first-order chi connectivity index (χ1) is 12.0. The standard InChI is InChI=1S/C17H20N2O5S/c1-23-16-5-2-3-7-17(16)25(21,22)19-10-8-18(9-11-19)13-14(20)15-6-4-12-24-15/h2-7,12H,8-11,13H2,1H3. The summed E-state index contributed by atoms with van der Waals surface area (Å²) in [5.41, 5.74) is 0. The molecule has 1 saturated heterocycles. The number of rotatable bonds is 6. The molecule has 0 radical (unpaired) electrons. The topological polar surface area (TPSA) is 80.1 Å². The van der Waals surface area contributed by atoms with Gasteiger partial charge in [-0.15, -0.1) is 0 Å². The predicted molar refractivity (Wildman–Crippen MR) is 91.2 cm³/mol. The fraction of sp³-hybridized carbons (Fsp3) is 0.353. The fourth-order valence-electron chi connectivity index (χ4n) is 2.82. The van der Waals surface area contributed by atoms with Crippen molar-refractivity contribution in [2.75, 3.05) is 39.8 Å². The number of methoxy groups -OCH3 is 1. The second kappa shape index (κ2) is 7.38. The molecule has 1 aliphatic heterocycles. The lowest BCUT2D eigenvalue weighted by molar-refractivity contribution is 0.0874. The summed E-state index contributed by atoms with van der Waals surface area (Å²) >= 11 is 0. The van der Waals surface area contributed by atoms with Gasteiger partial charge in [0, 0.05) is 26.2 Å². The summed E-state index contributed by atoms with van der Waals surface area (Å²) in [6.45, 7) is 1.84. The number of ether oxygens (including phenoxy) is 1. The predicted octanol–water partition coefficient (Wildman–Crippen LogP) is 1.48. The Balaban J connectivity index is 1.64. The van der Waals surface area contributed by atoms with E-state index in [9.17, 15) is 13.2 Å². The molecule has 0 saturated carbocycles. The van der Waals surface area contributed by atoms with Crippen molar-refractivity contribution in [3.63, 3.8) is 0 Å². The molecule has 1 aromatic carbocycles. The molecule has 3 rings (SSSR count). The van der Waals surface area contributed by atoms with Crippen LogP contribution in [0.4, 0.5) is 0 Å². The molecule has 0 bridgehead atoms. The van der Waals surface area contributed by atoms with Gasteiger partial charge in [0.2, 0.25) is 15.8 Å². The van der Waals surface area contributed by atoms with E-state index in [2.05, 4.69) is 0 Å². The molecule has 1 aromatic heterocycles. The Morgan fingerprint density at radius 1 is 1.12 bits per heavy atom. The Hall–Kier alpha value is -2.16. The van der Waals surface area contributed by atoms with E-state index in [1.54, 1.807) is 36.4 Å². The summed E-state index contributed by atoms with van der Waals surface area (Å²) in [7, 11) is -2.17. The number of furan rings is 1. The maximum Gasteiger partial charge on any atom is 0.246 e. The van der Waals surface area contributed by atoms with E-state index in [4.69, 9.17) is 9.15 Å². The lowest BCUT2D eigenvalue weighted by atomic mass is 10.2. The van der Waals surface area contributed by atoms with Crippen molar-refractivity contribution in [1.29, 1.82) is 0 Å². The van der Waals surface area contributed by atoms with E-state index >= 15 is 0 Å². The normalized spacial score (nSPS) is 16.7. The highest BCUT2D eigenvalue weighted by molar-refractivity contribution is 7.89. The third-order valence-electron chi connectivity index (χ3n) is 4.18. The van der Waals surface area contributed by atoms with Gasteiger partial charge < -0.3 is 9.15 Å². The van der Waals surface area contributed by atoms with Gasteiger partial charge in [-0.2, -0.15) is 4.31 Å². The van der Waals surface area contributed by atoms with Crippen molar-refractivity contribution in [3.8, 4) is 5.75 Å². The second-order valence-corrected chi connectivity index (χ2v) is 7.64. The van der Waals surface area contributed by atoms with Gasteiger partial charge in [0.25, 0.3) is 0 Å². The highest BCUT2D eigenvalue weighted by Gasteiger charge is 2.31. The number of para-hydroxylation sites is 1. The molecule has 0 unspecified atom stereocenters. The van der Waals surface area contributed by atoms with Crippen molar-refractivity contribution in [2.24, 2.45) is 0 Å². The lowest BCUT2D eigenvalue weighted by Gasteiger charge is -2.33. The summed E-state index contributed by atoms with van der Waals surface area (Å²) < 4.78 is 37.4. The van der Waals surface area contributed by atoms with Crippen LogP contribution in [0.2, 0.25) is 0 Å². The largest absolute Gasteiger partial charge is 0.495 e. The molecule has 1 fully saturated rings. The van der Waals surface area contributed by atoms with Crippen LogP contribution in [-0.4, -0.2) is 63.2 Å². The van der Waals surface area contributed by atoms with Crippen LogP contribution in [0.5, 0.6) is 5.75 Å². The van der Waals surface area contributed by atoms with Gasteiger partial charge in [-0.05, 0) is 24.3 Å². The minimum absolute atomic E-state index is 0.106. The monoisotopic (exact) mass is 364 g/mol. The van der Waals surface area contributed by atoms with E-state index in [0.29, 0.717) is 37.7 Å². The number of nitrogens with zero attached hydrogens (tertiary/aromatic N) is 2. The van der Waals surface area contributed by atoms with Crippen molar-refractivity contribution in [1.82, 2.24) is 9.21 Å². The number of ketones is 1. The van der Waals surface area contributed by atoms with E-state index in [1.165, 1.54) is 17.7 Å². The number of Topliss-reactive ketones (excluding diaryl/α,β-unsaturated/α-hetero) is 1. The molecular weight excluding hydrogens is 344 g/mol. The molecule has 2 aromatic rings. The molecule has 1 aliphatic rings. The van der Waals surface area contributed by atoms with E-state index in [0.717, 1.165) is 0 Å². The molecule has 0 atom stereocenters. The molecule has 134 valence electrons. The molecule has 2 heterocycles. The van der Waals surface area contributed by atoms with Gasteiger partial charge in [-0.25, -0.2) is 8.42 Å². The molecular formula is C17H20N2O5S. The summed E-state index contributed by atoms with van der Waals surface area (Å²) in [5, 5.41) is 0. The summed E-state index contributed by atoms with van der Waals surface area (Å²) in [6, 6.07) is 9.88. The van der Waals surface area contributed by atoms with Gasteiger partial charge >= 0.3 is 0 Å². The summed E-state index contributed by atoms with van der Waals surface area (Å²) in [5.74, 6) is 0.549. The third-order valence-corrected chi connectivity index (χ3v) is 6.12. The first-order valence-corrected chi connectivity index (χ1v) is 9.38. The highest BCUT2D eigenvalue weighted by atomic mass is 32.2. The zero-order valence-electron chi connectivity index (χ0n) is 13.9. The minimum atomic E-state index is -3.62. The first kappa shape index (κ1) is 17.7. The van der Waals surface area contributed by atoms with Gasteiger partial charge in [-0.3, -0.25) is 9.69 Å². The van der Waals surface area contributed by atoms with Crippen molar-refractivity contribution in [3.05, 3.63) is 48.4 Å². The van der Waals surface area contributed by atoms with Crippen molar-refractivity contribution < 1.29 is 22.4 Å². The van der Waals surface area contributed by atoms with Crippen LogP contribution in [0.25, 0.3) is 0 Å². The second-order valence-electron chi connectivity index (χ2n) is 5.73.